The summed E-state index contributed by atoms with van der Waals surface area (Å²) in [5.41, 5.74) is 2.77. The van der Waals surface area contributed by atoms with E-state index >= 15 is 0 Å². The SMILES string of the molecule is Cc1cc(OCCn2cc(/C=C(\C#N)C(=O)NCc3ccco3)c3ccccc32)ccc1Cl. The van der Waals surface area contributed by atoms with Crippen molar-refractivity contribution >= 4 is 34.5 Å². The molecule has 0 aliphatic heterocycles. The van der Waals surface area contributed by atoms with Crippen molar-refractivity contribution in [2.24, 2.45) is 0 Å². The molecule has 0 aliphatic carbocycles. The van der Waals surface area contributed by atoms with E-state index in [2.05, 4.69) is 9.88 Å². The number of nitrogens with one attached hydrogen (secondary N) is 1. The van der Waals surface area contributed by atoms with Crippen molar-refractivity contribution in [2.45, 2.75) is 20.0 Å². The van der Waals surface area contributed by atoms with Gasteiger partial charge in [-0.15, -0.1) is 0 Å². The molecule has 1 amide bonds. The number of hydrogen-bond acceptors (Lipinski definition) is 4. The third kappa shape index (κ3) is 5.28. The number of nitrogens with zero attached hydrogens (tertiary/aromatic N) is 2. The Balaban J connectivity index is 1.51. The van der Waals surface area contributed by atoms with E-state index in [0.717, 1.165) is 27.8 Å². The van der Waals surface area contributed by atoms with Crippen molar-refractivity contribution in [3.05, 3.63) is 94.5 Å². The van der Waals surface area contributed by atoms with Crippen LogP contribution >= 0.6 is 11.6 Å². The van der Waals surface area contributed by atoms with E-state index in [-0.39, 0.29) is 12.1 Å². The molecule has 4 aromatic rings. The van der Waals surface area contributed by atoms with E-state index in [1.165, 1.54) is 6.26 Å². The van der Waals surface area contributed by atoms with Crippen molar-refractivity contribution in [1.82, 2.24) is 9.88 Å². The highest BCUT2D eigenvalue weighted by atomic mass is 35.5. The van der Waals surface area contributed by atoms with Crippen LogP contribution in [0.4, 0.5) is 0 Å². The van der Waals surface area contributed by atoms with Crippen LogP contribution in [0.25, 0.3) is 17.0 Å². The summed E-state index contributed by atoms with van der Waals surface area (Å²) in [6.07, 6.45) is 5.08. The molecule has 0 fully saturated rings. The number of hydrogen-bond donors (Lipinski definition) is 1. The molecule has 0 aliphatic rings. The second-order valence-electron chi connectivity index (χ2n) is 7.49. The van der Waals surface area contributed by atoms with Crippen LogP contribution in [0.3, 0.4) is 0 Å². The number of para-hydroxylation sites is 1. The number of amides is 1. The van der Waals surface area contributed by atoms with Crippen molar-refractivity contribution in [3.63, 3.8) is 0 Å². The minimum atomic E-state index is -0.452. The molecule has 0 saturated carbocycles. The minimum absolute atomic E-state index is 0.0253. The fourth-order valence-corrected chi connectivity index (χ4v) is 3.64. The van der Waals surface area contributed by atoms with Crippen LogP contribution in [0.15, 0.2) is 77.0 Å². The molecule has 2 heterocycles. The van der Waals surface area contributed by atoms with Crippen LogP contribution in [-0.4, -0.2) is 17.1 Å². The van der Waals surface area contributed by atoms with Crippen LogP contribution in [0, 0.1) is 18.3 Å². The standard InChI is InChI=1S/C26H22ClN3O3/c1-18-13-21(8-9-24(18)27)33-12-10-30-17-20(23-6-2-3-7-25(23)30)14-19(15-28)26(31)29-16-22-5-4-11-32-22/h2-9,11,13-14,17H,10,12,16H2,1H3,(H,29,31)/b19-14+. The Hall–Kier alpha value is -3.95. The summed E-state index contributed by atoms with van der Waals surface area (Å²) >= 11 is 6.08. The minimum Gasteiger partial charge on any atom is -0.492 e. The smallest absolute Gasteiger partial charge is 0.262 e. The highest BCUT2D eigenvalue weighted by Crippen LogP contribution is 2.24. The average molecular weight is 460 g/mol. The van der Waals surface area contributed by atoms with Gasteiger partial charge in [0, 0.05) is 27.7 Å². The number of carbonyl (C=O) groups excluding carboxylic acids is 1. The van der Waals surface area contributed by atoms with Gasteiger partial charge >= 0.3 is 0 Å². The van der Waals surface area contributed by atoms with Gasteiger partial charge in [-0.25, -0.2) is 0 Å². The molecule has 1 N–H and O–H groups in total. The van der Waals surface area contributed by atoms with Crippen LogP contribution in [0.5, 0.6) is 5.75 Å². The van der Waals surface area contributed by atoms with Gasteiger partial charge in [0.1, 0.15) is 29.8 Å². The molecule has 2 aromatic heterocycles. The summed E-state index contributed by atoms with van der Waals surface area (Å²) in [5.74, 6) is 0.925. The molecule has 33 heavy (non-hydrogen) atoms. The Morgan fingerprint density at radius 1 is 1.24 bits per heavy atom. The number of carbonyl (C=O) groups is 1. The van der Waals surface area contributed by atoms with E-state index in [1.807, 2.05) is 61.7 Å². The predicted molar refractivity (Wildman–Crippen MR) is 128 cm³/mol. The van der Waals surface area contributed by atoms with Crippen LogP contribution in [-0.2, 0) is 17.9 Å². The molecule has 0 radical (unpaired) electrons. The van der Waals surface area contributed by atoms with Gasteiger partial charge in [-0.05, 0) is 55.0 Å². The van der Waals surface area contributed by atoms with Crippen molar-refractivity contribution in [2.75, 3.05) is 6.61 Å². The van der Waals surface area contributed by atoms with Gasteiger partial charge in [-0.2, -0.15) is 5.26 Å². The summed E-state index contributed by atoms with van der Waals surface area (Å²) in [5, 5.41) is 13.9. The number of benzene rings is 2. The number of rotatable bonds is 8. The lowest BCUT2D eigenvalue weighted by Crippen LogP contribution is -2.23. The van der Waals surface area contributed by atoms with E-state index in [9.17, 15) is 10.1 Å². The Bertz CT molecular complexity index is 1350. The van der Waals surface area contributed by atoms with E-state index in [0.29, 0.717) is 23.9 Å². The quantitative estimate of drug-likeness (QED) is 0.279. The monoisotopic (exact) mass is 459 g/mol. The van der Waals surface area contributed by atoms with E-state index in [1.54, 1.807) is 18.2 Å². The summed E-state index contributed by atoms with van der Waals surface area (Å²) in [7, 11) is 0. The molecular formula is C26H22ClN3O3. The third-order valence-electron chi connectivity index (χ3n) is 5.22. The highest BCUT2D eigenvalue weighted by Gasteiger charge is 2.13. The normalized spacial score (nSPS) is 11.4. The van der Waals surface area contributed by atoms with Crippen LogP contribution < -0.4 is 10.1 Å². The fourth-order valence-electron chi connectivity index (χ4n) is 3.52. The number of aromatic nitrogens is 1. The Kier molecular flexibility index (Phi) is 6.82. The van der Waals surface area contributed by atoms with Crippen molar-refractivity contribution < 1.29 is 13.9 Å². The Morgan fingerprint density at radius 2 is 2.09 bits per heavy atom. The van der Waals surface area contributed by atoms with Gasteiger partial charge in [0.2, 0.25) is 0 Å². The zero-order valence-electron chi connectivity index (χ0n) is 18.0. The number of halogens is 1. The summed E-state index contributed by atoms with van der Waals surface area (Å²) < 4.78 is 13.2. The number of aryl methyl sites for hydroxylation is 1. The molecule has 0 unspecified atom stereocenters. The lowest BCUT2D eigenvalue weighted by Gasteiger charge is -2.09. The van der Waals surface area contributed by atoms with E-state index in [4.69, 9.17) is 20.8 Å². The molecule has 0 atom stereocenters. The van der Waals surface area contributed by atoms with Crippen molar-refractivity contribution in [3.8, 4) is 11.8 Å². The molecule has 6 nitrogen and oxygen atoms in total. The van der Waals surface area contributed by atoms with Gasteiger partial charge in [0.15, 0.2) is 0 Å². The maximum atomic E-state index is 12.5. The summed E-state index contributed by atoms with van der Waals surface area (Å²) in [6, 6.07) is 18.9. The molecule has 4 rings (SSSR count). The topological polar surface area (TPSA) is 80.2 Å². The molecule has 7 heteroatoms. The highest BCUT2D eigenvalue weighted by molar-refractivity contribution is 6.31. The average Bonchev–Trinajstić information content (AvgIpc) is 3.47. The van der Waals surface area contributed by atoms with Crippen molar-refractivity contribution in [1.29, 1.82) is 5.26 Å². The van der Waals surface area contributed by atoms with Crippen LogP contribution in [0.2, 0.25) is 5.02 Å². The van der Waals surface area contributed by atoms with Gasteiger partial charge in [0.25, 0.3) is 5.91 Å². The Morgan fingerprint density at radius 3 is 2.85 bits per heavy atom. The number of ether oxygens (including phenoxy) is 1. The van der Waals surface area contributed by atoms with Gasteiger partial charge in [-0.1, -0.05) is 29.8 Å². The first-order valence-corrected chi connectivity index (χ1v) is 10.8. The largest absolute Gasteiger partial charge is 0.492 e. The zero-order chi connectivity index (χ0) is 23.2. The maximum Gasteiger partial charge on any atom is 0.262 e. The van der Waals surface area contributed by atoms with Crippen LogP contribution in [0.1, 0.15) is 16.9 Å². The predicted octanol–water partition coefficient (Wildman–Crippen LogP) is 5.50. The second kappa shape index (κ2) is 10.1. The van der Waals surface area contributed by atoms with E-state index < -0.39 is 5.91 Å². The molecule has 166 valence electrons. The number of furan rings is 1. The molecular weight excluding hydrogens is 438 g/mol. The first kappa shape index (κ1) is 22.3. The first-order valence-electron chi connectivity index (χ1n) is 10.4. The zero-order valence-corrected chi connectivity index (χ0v) is 18.8. The van der Waals surface area contributed by atoms with Gasteiger partial charge in [0.05, 0.1) is 19.4 Å². The molecule has 0 spiro atoms. The fraction of sp³-hybridized carbons (Fsp3) is 0.154. The summed E-state index contributed by atoms with van der Waals surface area (Å²) in [4.78, 5) is 12.5. The first-order chi connectivity index (χ1) is 16.0. The number of fused-ring (bicyclic) bond motifs is 1. The lowest BCUT2D eigenvalue weighted by molar-refractivity contribution is -0.117. The third-order valence-corrected chi connectivity index (χ3v) is 5.64. The molecule has 0 saturated heterocycles. The summed E-state index contributed by atoms with van der Waals surface area (Å²) in [6.45, 7) is 3.21. The molecule has 2 aromatic carbocycles. The lowest BCUT2D eigenvalue weighted by atomic mass is 10.1. The van der Waals surface area contributed by atoms with Gasteiger partial charge < -0.3 is 19.0 Å². The molecule has 0 bridgehead atoms. The van der Waals surface area contributed by atoms with Gasteiger partial charge in [-0.3, -0.25) is 4.79 Å². The second-order valence-corrected chi connectivity index (χ2v) is 7.89. The number of nitriles is 1. The Labute approximate surface area is 196 Å². The maximum absolute atomic E-state index is 12.5.